The number of hydrogen-bond acceptors (Lipinski definition) is 3. The van der Waals surface area contributed by atoms with Gasteiger partial charge in [-0.05, 0) is 6.92 Å². The van der Waals surface area contributed by atoms with Crippen LogP contribution in [-0.2, 0) is 0 Å². The third-order valence-electron chi connectivity index (χ3n) is 1.60. The van der Waals surface area contributed by atoms with Crippen LogP contribution >= 0.6 is 0 Å². The van der Waals surface area contributed by atoms with Gasteiger partial charge in [0.1, 0.15) is 5.82 Å². The summed E-state index contributed by atoms with van der Waals surface area (Å²) in [4.78, 5) is 0. The van der Waals surface area contributed by atoms with E-state index in [-0.39, 0.29) is 0 Å². The molecule has 0 aliphatic carbocycles. The van der Waals surface area contributed by atoms with Gasteiger partial charge in [-0.25, -0.2) is 0 Å². The predicted octanol–water partition coefficient (Wildman–Crippen LogP) is 0.616. The zero-order valence-electron chi connectivity index (χ0n) is 6.86. The van der Waals surface area contributed by atoms with Gasteiger partial charge in [0.15, 0.2) is 0 Å². The van der Waals surface area contributed by atoms with Crippen molar-refractivity contribution in [1.29, 1.82) is 5.41 Å². The summed E-state index contributed by atoms with van der Waals surface area (Å²) in [5.41, 5.74) is 1.52. The lowest BCUT2D eigenvalue weighted by molar-refractivity contribution is 0.777. The minimum Gasteiger partial charge on any atom is -0.374 e. The van der Waals surface area contributed by atoms with Crippen LogP contribution in [0.3, 0.4) is 0 Å². The lowest BCUT2D eigenvalue weighted by Gasteiger charge is -2.16. The molecule has 0 aromatic heterocycles. The van der Waals surface area contributed by atoms with Crippen molar-refractivity contribution >= 4 is 5.71 Å². The summed E-state index contributed by atoms with van der Waals surface area (Å²) >= 11 is 0. The Bertz CT molecular complexity index is 225. The van der Waals surface area contributed by atoms with Crippen molar-refractivity contribution in [3.8, 4) is 0 Å². The molecule has 1 aliphatic rings. The van der Waals surface area contributed by atoms with E-state index in [1.165, 1.54) is 0 Å². The second kappa shape index (κ2) is 3.23. The van der Waals surface area contributed by atoms with E-state index in [9.17, 15) is 0 Å². The molecule has 0 spiro atoms. The van der Waals surface area contributed by atoms with Gasteiger partial charge in [-0.15, -0.1) is 0 Å². The monoisotopic (exact) mass is 151 g/mol. The summed E-state index contributed by atoms with van der Waals surface area (Å²) in [6.45, 7) is 2.62. The van der Waals surface area contributed by atoms with Gasteiger partial charge in [0.2, 0.25) is 0 Å². The average Bonchev–Trinajstić information content (AvgIpc) is 2.04. The van der Waals surface area contributed by atoms with Gasteiger partial charge in [0.05, 0.1) is 0 Å². The molecule has 0 atom stereocenters. The van der Waals surface area contributed by atoms with Crippen LogP contribution in [0, 0.1) is 5.41 Å². The maximum Gasteiger partial charge on any atom is 0.108 e. The number of hydrogen-bond donors (Lipinski definition) is 3. The minimum absolute atomic E-state index is 0.581. The van der Waals surface area contributed by atoms with E-state index in [0.717, 1.165) is 17.9 Å². The van der Waals surface area contributed by atoms with Crippen molar-refractivity contribution in [2.75, 3.05) is 13.6 Å². The predicted molar refractivity (Wildman–Crippen MR) is 46.6 cm³/mol. The summed E-state index contributed by atoms with van der Waals surface area (Å²) in [5.74, 6) is 0.944. The van der Waals surface area contributed by atoms with Crippen molar-refractivity contribution in [3.63, 3.8) is 0 Å². The van der Waals surface area contributed by atoms with E-state index < -0.39 is 0 Å². The Labute approximate surface area is 66.7 Å². The van der Waals surface area contributed by atoms with E-state index in [2.05, 4.69) is 10.6 Å². The normalized spacial score (nSPS) is 16.2. The lowest BCUT2D eigenvalue weighted by atomic mass is 10.1. The molecule has 0 fully saturated rings. The largest absolute Gasteiger partial charge is 0.374 e. The number of allylic oxidation sites excluding steroid dienone is 2. The molecule has 60 valence electrons. The highest BCUT2D eigenvalue weighted by Crippen LogP contribution is 2.06. The van der Waals surface area contributed by atoms with Crippen LogP contribution in [0.15, 0.2) is 23.5 Å². The maximum absolute atomic E-state index is 7.43. The third kappa shape index (κ3) is 1.61. The fourth-order valence-corrected chi connectivity index (χ4v) is 1.05. The third-order valence-corrected chi connectivity index (χ3v) is 1.60. The number of rotatable bonds is 2. The second-order valence-electron chi connectivity index (χ2n) is 2.45. The van der Waals surface area contributed by atoms with Crippen LogP contribution in [0.2, 0.25) is 0 Å². The van der Waals surface area contributed by atoms with Gasteiger partial charge >= 0.3 is 0 Å². The maximum atomic E-state index is 7.43. The van der Waals surface area contributed by atoms with Gasteiger partial charge in [0.25, 0.3) is 0 Å². The molecule has 1 heterocycles. The van der Waals surface area contributed by atoms with Crippen LogP contribution < -0.4 is 10.6 Å². The summed E-state index contributed by atoms with van der Waals surface area (Å²) in [7, 11) is 1.85. The molecule has 3 nitrogen and oxygen atoms in total. The molecule has 3 heteroatoms. The van der Waals surface area contributed by atoms with Gasteiger partial charge in [0, 0.05) is 24.9 Å². The Hall–Kier alpha value is -1.25. The van der Waals surface area contributed by atoms with Gasteiger partial charge in [-0.2, -0.15) is 0 Å². The molecule has 0 unspecified atom stereocenters. The average molecular weight is 151 g/mol. The standard InChI is InChI=1S/C8H13N3/c1-6(9)7-4-3-5-11-8(7)10-2/h3-4,9-11H,5H2,1-2H3. The first-order chi connectivity index (χ1) is 5.25. The van der Waals surface area contributed by atoms with Gasteiger partial charge in [-0.3, -0.25) is 0 Å². The highest BCUT2D eigenvalue weighted by Gasteiger charge is 2.06. The number of dihydropyridines is 1. The number of nitrogens with one attached hydrogen (secondary N) is 3. The van der Waals surface area contributed by atoms with Crippen LogP contribution in [-0.4, -0.2) is 19.3 Å². The molecule has 0 saturated carbocycles. The van der Waals surface area contributed by atoms with E-state index in [1.807, 2.05) is 19.2 Å². The van der Waals surface area contributed by atoms with Gasteiger partial charge < -0.3 is 16.0 Å². The molecule has 0 radical (unpaired) electrons. The fraction of sp³-hybridized carbons (Fsp3) is 0.375. The summed E-state index contributed by atoms with van der Waals surface area (Å²) < 4.78 is 0. The summed E-state index contributed by atoms with van der Waals surface area (Å²) in [6, 6.07) is 0. The molecule has 11 heavy (non-hydrogen) atoms. The van der Waals surface area contributed by atoms with Crippen molar-refractivity contribution < 1.29 is 0 Å². The fourth-order valence-electron chi connectivity index (χ4n) is 1.05. The highest BCUT2D eigenvalue weighted by molar-refractivity contribution is 5.99. The zero-order chi connectivity index (χ0) is 8.27. The first kappa shape index (κ1) is 7.85. The molecule has 1 rings (SSSR count). The van der Waals surface area contributed by atoms with Crippen LogP contribution in [0.25, 0.3) is 0 Å². The van der Waals surface area contributed by atoms with Crippen LogP contribution in [0.5, 0.6) is 0 Å². The van der Waals surface area contributed by atoms with Crippen LogP contribution in [0.4, 0.5) is 0 Å². The lowest BCUT2D eigenvalue weighted by Crippen LogP contribution is -2.29. The summed E-state index contributed by atoms with van der Waals surface area (Å²) in [6.07, 6.45) is 3.97. The molecular weight excluding hydrogens is 138 g/mol. The molecular formula is C8H13N3. The topological polar surface area (TPSA) is 47.9 Å². The zero-order valence-corrected chi connectivity index (χ0v) is 6.86. The second-order valence-corrected chi connectivity index (χ2v) is 2.45. The first-order valence-corrected chi connectivity index (χ1v) is 3.63. The van der Waals surface area contributed by atoms with E-state index >= 15 is 0 Å². The Morgan fingerprint density at radius 1 is 1.73 bits per heavy atom. The Morgan fingerprint density at radius 2 is 2.45 bits per heavy atom. The van der Waals surface area contributed by atoms with E-state index in [0.29, 0.717) is 5.71 Å². The molecule has 0 aromatic rings. The van der Waals surface area contributed by atoms with Crippen molar-refractivity contribution in [3.05, 3.63) is 23.5 Å². The van der Waals surface area contributed by atoms with Crippen molar-refractivity contribution in [2.24, 2.45) is 0 Å². The molecule has 0 aromatic carbocycles. The molecule has 0 saturated heterocycles. The SMILES string of the molecule is CNC1=C(C(C)=N)C=CCN1. The Balaban J connectivity index is 2.92. The van der Waals surface area contributed by atoms with Gasteiger partial charge in [-0.1, -0.05) is 12.2 Å². The van der Waals surface area contributed by atoms with E-state index in [1.54, 1.807) is 6.92 Å². The van der Waals surface area contributed by atoms with Crippen molar-refractivity contribution in [1.82, 2.24) is 10.6 Å². The smallest absolute Gasteiger partial charge is 0.108 e. The molecule has 0 amide bonds. The Kier molecular flexibility index (Phi) is 2.31. The molecule has 3 N–H and O–H groups in total. The van der Waals surface area contributed by atoms with Crippen LogP contribution in [0.1, 0.15) is 6.92 Å². The quantitative estimate of drug-likeness (QED) is 0.507. The summed E-state index contributed by atoms with van der Waals surface area (Å²) in [5, 5.41) is 13.6. The highest BCUT2D eigenvalue weighted by atomic mass is 15.1. The van der Waals surface area contributed by atoms with E-state index in [4.69, 9.17) is 5.41 Å². The molecule has 1 aliphatic heterocycles. The molecule has 0 bridgehead atoms. The van der Waals surface area contributed by atoms with Crippen molar-refractivity contribution in [2.45, 2.75) is 6.92 Å². The minimum atomic E-state index is 0.581. The first-order valence-electron chi connectivity index (χ1n) is 3.63. The Morgan fingerprint density at radius 3 is 2.91 bits per heavy atom.